The van der Waals surface area contributed by atoms with Crippen LogP contribution in [0.2, 0.25) is 0 Å². The number of nitrogens with two attached hydrogens (primary N) is 1. The molecule has 2 aromatic rings. The molecule has 1 aromatic carbocycles. The molecule has 0 amide bonds. The molecule has 1 unspecified atom stereocenters. The number of benzene rings is 1. The molecule has 3 rings (SSSR count). The molecule has 2 heterocycles. The van der Waals surface area contributed by atoms with E-state index in [9.17, 15) is 0 Å². The number of aromatic nitrogens is 2. The summed E-state index contributed by atoms with van der Waals surface area (Å²) in [5, 5.41) is 4.60. The van der Waals surface area contributed by atoms with Gasteiger partial charge in [0.2, 0.25) is 6.79 Å². The fraction of sp³-hybridized carbons (Fsp3) is 0.438. The van der Waals surface area contributed by atoms with Crippen LogP contribution >= 0.6 is 0 Å². The average molecular weight is 287 g/mol. The molecule has 5 heteroatoms. The summed E-state index contributed by atoms with van der Waals surface area (Å²) in [6.45, 7) is 7.25. The Labute approximate surface area is 124 Å². The SMILES string of the molecule is CCc1c(C)nn(CC(N)c2ccc3c(c2)OCO3)c1C. The van der Waals surface area contributed by atoms with Crippen molar-refractivity contribution in [3.8, 4) is 11.5 Å². The van der Waals surface area contributed by atoms with Crippen LogP contribution in [-0.2, 0) is 13.0 Å². The molecular weight excluding hydrogens is 266 g/mol. The normalized spacial score (nSPS) is 14.5. The van der Waals surface area contributed by atoms with E-state index in [0.717, 1.165) is 29.2 Å². The number of hydrogen-bond acceptors (Lipinski definition) is 4. The molecule has 1 atom stereocenters. The first-order valence-electron chi connectivity index (χ1n) is 7.28. The van der Waals surface area contributed by atoms with Gasteiger partial charge < -0.3 is 15.2 Å². The smallest absolute Gasteiger partial charge is 0.231 e. The summed E-state index contributed by atoms with van der Waals surface area (Å²) in [6, 6.07) is 5.74. The molecule has 0 saturated heterocycles. The molecule has 0 aliphatic carbocycles. The maximum atomic E-state index is 6.33. The summed E-state index contributed by atoms with van der Waals surface area (Å²) in [7, 11) is 0. The Morgan fingerprint density at radius 2 is 2.05 bits per heavy atom. The summed E-state index contributed by atoms with van der Waals surface area (Å²) in [6.07, 6.45) is 0.997. The van der Waals surface area contributed by atoms with Crippen LogP contribution in [0.5, 0.6) is 11.5 Å². The minimum atomic E-state index is -0.123. The Bertz CT molecular complexity index is 664. The number of rotatable bonds is 4. The molecule has 0 radical (unpaired) electrons. The average Bonchev–Trinajstić information content (AvgIpc) is 3.03. The number of ether oxygens (including phenoxy) is 2. The molecule has 1 aromatic heterocycles. The third-order valence-electron chi connectivity index (χ3n) is 4.08. The summed E-state index contributed by atoms with van der Waals surface area (Å²) in [5.41, 5.74) is 11.0. The van der Waals surface area contributed by atoms with Gasteiger partial charge in [-0.05, 0) is 43.5 Å². The molecule has 112 valence electrons. The molecule has 5 nitrogen and oxygen atoms in total. The Morgan fingerprint density at radius 3 is 2.76 bits per heavy atom. The van der Waals surface area contributed by atoms with E-state index in [1.807, 2.05) is 22.9 Å². The second kappa shape index (κ2) is 5.41. The van der Waals surface area contributed by atoms with Crippen molar-refractivity contribution in [3.05, 3.63) is 40.7 Å². The van der Waals surface area contributed by atoms with Gasteiger partial charge in [-0.3, -0.25) is 4.68 Å². The third-order valence-corrected chi connectivity index (χ3v) is 4.08. The number of hydrogen-bond donors (Lipinski definition) is 1. The van der Waals surface area contributed by atoms with Gasteiger partial charge in [0.25, 0.3) is 0 Å². The first kappa shape index (κ1) is 13.9. The van der Waals surface area contributed by atoms with Crippen LogP contribution in [0.4, 0.5) is 0 Å². The number of aryl methyl sites for hydroxylation is 1. The second-order valence-corrected chi connectivity index (χ2v) is 5.40. The second-order valence-electron chi connectivity index (χ2n) is 5.40. The van der Waals surface area contributed by atoms with Crippen molar-refractivity contribution in [2.24, 2.45) is 5.73 Å². The van der Waals surface area contributed by atoms with E-state index in [2.05, 4.69) is 25.9 Å². The van der Waals surface area contributed by atoms with Crippen LogP contribution < -0.4 is 15.2 Å². The number of nitrogens with zero attached hydrogens (tertiary/aromatic N) is 2. The lowest BCUT2D eigenvalue weighted by molar-refractivity contribution is 0.174. The summed E-state index contributed by atoms with van der Waals surface area (Å²) in [4.78, 5) is 0. The highest BCUT2D eigenvalue weighted by atomic mass is 16.7. The lowest BCUT2D eigenvalue weighted by Crippen LogP contribution is -2.19. The predicted octanol–water partition coefficient (Wildman–Crippen LogP) is 2.49. The highest BCUT2D eigenvalue weighted by Crippen LogP contribution is 2.34. The maximum absolute atomic E-state index is 6.33. The zero-order valence-corrected chi connectivity index (χ0v) is 12.7. The van der Waals surface area contributed by atoms with Gasteiger partial charge in [0.1, 0.15) is 0 Å². The van der Waals surface area contributed by atoms with Gasteiger partial charge in [-0.1, -0.05) is 13.0 Å². The standard InChI is InChI=1S/C16H21N3O2/c1-4-13-10(2)18-19(11(13)3)8-14(17)12-5-6-15-16(7-12)21-9-20-15/h5-7,14H,4,8-9,17H2,1-3H3. The first-order chi connectivity index (χ1) is 10.1. The molecule has 21 heavy (non-hydrogen) atoms. The van der Waals surface area contributed by atoms with Crippen molar-refractivity contribution in [1.29, 1.82) is 0 Å². The fourth-order valence-corrected chi connectivity index (χ4v) is 2.86. The summed E-state index contributed by atoms with van der Waals surface area (Å²) >= 11 is 0. The van der Waals surface area contributed by atoms with Crippen LogP contribution in [0.15, 0.2) is 18.2 Å². The molecule has 0 fully saturated rings. The van der Waals surface area contributed by atoms with Gasteiger partial charge in [-0.25, -0.2) is 0 Å². The van der Waals surface area contributed by atoms with Crippen LogP contribution in [-0.4, -0.2) is 16.6 Å². The molecule has 0 bridgehead atoms. The highest BCUT2D eigenvalue weighted by molar-refractivity contribution is 5.45. The highest BCUT2D eigenvalue weighted by Gasteiger charge is 2.18. The van der Waals surface area contributed by atoms with Crippen molar-refractivity contribution >= 4 is 0 Å². The number of fused-ring (bicyclic) bond motifs is 1. The van der Waals surface area contributed by atoms with E-state index in [1.165, 1.54) is 11.3 Å². The minimum absolute atomic E-state index is 0.123. The minimum Gasteiger partial charge on any atom is -0.454 e. The Balaban J connectivity index is 1.82. The van der Waals surface area contributed by atoms with Crippen LogP contribution in [0.1, 0.15) is 35.5 Å². The van der Waals surface area contributed by atoms with Crippen LogP contribution in [0.25, 0.3) is 0 Å². The van der Waals surface area contributed by atoms with Gasteiger partial charge >= 0.3 is 0 Å². The van der Waals surface area contributed by atoms with E-state index in [0.29, 0.717) is 6.54 Å². The van der Waals surface area contributed by atoms with Gasteiger partial charge in [-0.15, -0.1) is 0 Å². The molecular formula is C16H21N3O2. The van der Waals surface area contributed by atoms with Gasteiger partial charge in [0.15, 0.2) is 11.5 Å². The van der Waals surface area contributed by atoms with Gasteiger partial charge in [0, 0.05) is 11.7 Å². The van der Waals surface area contributed by atoms with Crippen molar-refractivity contribution in [1.82, 2.24) is 9.78 Å². The summed E-state index contributed by atoms with van der Waals surface area (Å²) in [5.74, 6) is 1.55. The van der Waals surface area contributed by atoms with Crippen LogP contribution in [0, 0.1) is 13.8 Å². The van der Waals surface area contributed by atoms with E-state index >= 15 is 0 Å². The van der Waals surface area contributed by atoms with Crippen molar-refractivity contribution < 1.29 is 9.47 Å². The zero-order chi connectivity index (χ0) is 15.0. The first-order valence-corrected chi connectivity index (χ1v) is 7.28. The van der Waals surface area contributed by atoms with E-state index in [-0.39, 0.29) is 12.8 Å². The Kier molecular flexibility index (Phi) is 3.59. The van der Waals surface area contributed by atoms with Gasteiger partial charge in [0.05, 0.1) is 12.2 Å². The van der Waals surface area contributed by atoms with E-state index in [1.54, 1.807) is 0 Å². The third kappa shape index (κ3) is 2.49. The largest absolute Gasteiger partial charge is 0.454 e. The van der Waals surface area contributed by atoms with Crippen molar-refractivity contribution in [2.45, 2.75) is 39.8 Å². The van der Waals surface area contributed by atoms with Crippen LogP contribution in [0.3, 0.4) is 0 Å². The zero-order valence-electron chi connectivity index (χ0n) is 12.7. The molecule has 0 saturated carbocycles. The Hall–Kier alpha value is -2.01. The molecule has 1 aliphatic heterocycles. The predicted molar refractivity (Wildman–Crippen MR) is 80.6 cm³/mol. The lowest BCUT2D eigenvalue weighted by atomic mass is 10.1. The van der Waals surface area contributed by atoms with Crippen molar-refractivity contribution in [2.75, 3.05) is 6.79 Å². The van der Waals surface area contributed by atoms with E-state index in [4.69, 9.17) is 15.2 Å². The van der Waals surface area contributed by atoms with Gasteiger partial charge in [-0.2, -0.15) is 5.10 Å². The molecule has 0 spiro atoms. The topological polar surface area (TPSA) is 62.3 Å². The molecule has 2 N–H and O–H groups in total. The summed E-state index contributed by atoms with van der Waals surface area (Å²) < 4.78 is 12.7. The Morgan fingerprint density at radius 1 is 1.29 bits per heavy atom. The van der Waals surface area contributed by atoms with Crippen molar-refractivity contribution in [3.63, 3.8) is 0 Å². The van der Waals surface area contributed by atoms with E-state index < -0.39 is 0 Å². The monoisotopic (exact) mass is 287 g/mol. The quantitative estimate of drug-likeness (QED) is 0.938. The lowest BCUT2D eigenvalue weighted by Gasteiger charge is -2.14. The molecule has 1 aliphatic rings. The fourth-order valence-electron chi connectivity index (χ4n) is 2.86. The maximum Gasteiger partial charge on any atom is 0.231 e.